The number of hydrogen-bond acceptors (Lipinski definition) is 23. The molecule has 0 N–H and O–H groups in total. The van der Waals surface area contributed by atoms with Gasteiger partial charge in [0, 0.05) is 64.2 Å². The summed E-state index contributed by atoms with van der Waals surface area (Å²) in [6, 6.07) is 0. The highest BCUT2D eigenvalue weighted by Gasteiger charge is 2.47. The highest BCUT2D eigenvalue weighted by molar-refractivity contribution is 5.82. The van der Waals surface area contributed by atoms with E-state index in [1.807, 2.05) is 83.1 Å². The summed E-state index contributed by atoms with van der Waals surface area (Å²) in [5, 5.41) is 0. The van der Waals surface area contributed by atoms with Gasteiger partial charge in [0.25, 0.3) is 0 Å². The minimum atomic E-state index is -0.575. The number of esters is 9. The first-order valence-electron chi connectivity index (χ1n) is 39.1. The van der Waals surface area contributed by atoms with Crippen LogP contribution in [0.3, 0.4) is 0 Å². The van der Waals surface area contributed by atoms with Gasteiger partial charge in [-0.15, -0.1) is 0 Å². The number of ether oxygens (including phenoxy) is 14. The average Bonchev–Trinajstić information content (AvgIpc) is 0.808. The fourth-order valence-corrected chi connectivity index (χ4v) is 13.0. The number of carbonyl (C=O) groups is 9. The Morgan fingerprint density at radius 3 is 0.981 bits per heavy atom. The minimum absolute atomic E-state index is 0.00465. The molecule has 0 aromatic rings. The lowest BCUT2D eigenvalue weighted by molar-refractivity contribution is -0.190. The van der Waals surface area contributed by atoms with Crippen LogP contribution in [0, 0.1) is 45.3 Å². The summed E-state index contributed by atoms with van der Waals surface area (Å²) in [4.78, 5) is 108. The zero-order valence-electron chi connectivity index (χ0n) is 67.0. The van der Waals surface area contributed by atoms with Crippen LogP contribution in [0.2, 0.25) is 0 Å². The van der Waals surface area contributed by atoms with Crippen LogP contribution in [0.25, 0.3) is 0 Å². The van der Waals surface area contributed by atoms with Crippen LogP contribution < -0.4 is 0 Å². The maximum absolute atomic E-state index is 12.3. The molecule has 0 amide bonds. The van der Waals surface area contributed by atoms with Crippen molar-refractivity contribution in [1.29, 1.82) is 0 Å². The van der Waals surface area contributed by atoms with Crippen LogP contribution in [-0.2, 0) is 109 Å². The van der Waals surface area contributed by atoms with Crippen LogP contribution in [0.4, 0.5) is 0 Å². The average molecular weight is 1470 g/mol. The molecular weight excluding hydrogens is 1330 g/mol. The Labute approximate surface area is 618 Å². The Hall–Kier alpha value is -4.97. The Morgan fingerprint density at radius 2 is 0.660 bits per heavy atom. The molecule has 2 saturated carbocycles. The first-order chi connectivity index (χ1) is 48.4. The summed E-state index contributed by atoms with van der Waals surface area (Å²) in [6.07, 6.45) is 23.9. The molecule has 5 aliphatic heterocycles. The van der Waals surface area contributed by atoms with Crippen molar-refractivity contribution >= 4 is 53.7 Å². The normalized spacial score (nSPS) is 20.7. The van der Waals surface area contributed by atoms with Crippen LogP contribution in [0.5, 0.6) is 0 Å². The predicted molar refractivity (Wildman–Crippen MR) is 388 cm³/mol. The second-order valence-corrected chi connectivity index (χ2v) is 32.4. The molecule has 103 heavy (non-hydrogen) atoms. The number of carbonyl (C=O) groups excluding carboxylic acids is 9. The smallest absolute Gasteiger partial charge is 0.344 e. The van der Waals surface area contributed by atoms with E-state index in [1.54, 1.807) is 41.5 Å². The van der Waals surface area contributed by atoms with Crippen molar-refractivity contribution in [3.05, 3.63) is 0 Å². The molecule has 596 valence electrons. The van der Waals surface area contributed by atoms with Gasteiger partial charge in [0.15, 0.2) is 26.4 Å². The van der Waals surface area contributed by atoms with Crippen molar-refractivity contribution in [2.45, 2.75) is 320 Å². The third-order valence-corrected chi connectivity index (χ3v) is 23.0. The van der Waals surface area contributed by atoms with Gasteiger partial charge in [-0.05, 0) is 144 Å². The van der Waals surface area contributed by atoms with E-state index in [4.69, 9.17) is 66.3 Å². The van der Waals surface area contributed by atoms with Crippen LogP contribution in [-0.4, -0.2) is 174 Å². The first-order valence-corrected chi connectivity index (χ1v) is 39.1. The van der Waals surface area contributed by atoms with Gasteiger partial charge in [0.2, 0.25) is 0 Å². The summed E-state index contributed by atoms with van der Waals surface area (Å²) in [7, 11) is 0. The van der Waals surface area contributed by atoms with Crippen molar-refractivity contribution in [1.82, 2.24) is 0 Å². The topological polar surface area (TPSA) is 283 Å². The van der Waals surface area contributed by atoms with Crippen LogP contribution in [0.1, 0.15) is 292 Å². The van der Waals surface area contributed by atoms with Gasteiger partial charge >= 0.3 is 53.7 Å². The molecule has 23 nitrogen and oxygen atoms in total. The molecule has 1 atom stereocenters. The highest BCUT2D eigenvalue weighted by atomic mass is 16.6. The van der Waals surface area contributed by atoms with Gasteiger partial charge in [-0.25, -0.2) is 19.2 Å². The largest absolute Gasteiger partial charge is 0.458 e. The molecule has 0 radical (unpaired) electrons. The van der Waals surface area contributed by atoms with E-state index in [2.05, 4.69) is 0 Å². The maximum Gasteiger partial charge on any atom is 0.344 e. The summed E-state index contributed by atoms with van der Waals surface area (Å²) in [5.41, 5.74) is -4.38. The zero-order chi connectivity index (χ0) is 77.2. The molecule has 0 aromatic carbocycles. The van der Waals surface area contributed by atoms with E-state index in [-0.39, 0.29) is 73.7 Å². The van der Waals surface area contributed by atoms with Crippen molar-refractivity contribution in [3.63, 3.8) is 0 Å². The third kappa shape index (κ3) is 30.7. The third-order valence-electron chi connectivity index (χ3n) is 23.0. The second kappa shape index (κ2) is 44.4. The Bertz CT molecular complexity index is 2560. The molecule has 2 aliphatic carbocycles. The van der Waals surface area contributed by atoms with Gasteiger partial charge < -0.3 is 66.3 Å². The predicted octanol–water partition coefficient (Wildman–Crippen LogP) is 14.6. The van der Waals surface area contributed by atoms with E-state index in [0.29, 0.717) is 129 Å². The molecular formula is C80H138O23. The summed E-state index contributed by atoms with van der Waals surface area (Å²) < 4.78 is 75.7. The number of hydrogen-bond donors (Lipinski definition) is 0. The van der Waals surface area contributed by atoms with Gasteiger partial charge in [0.05, 0.1) is 93.6 Å². The Kier molecular flexibility index (Phi) is 39.7. The van der Waals surface area contributed by atoms with Gasteiger partial charge in [-0.3, -0.25) is 24.0 Å². The molecule has 0 aromatic heterocycles. The Balaban J connectivity index is 0.000000335. The van der Waals surface area contributed by atoms with E-state index in [0.717, 1.165) is 64.6 Å². The highest BCUT2D eigenvalue weighted by Crippen LogP contribution is 2.44. The first kappa shape index (κ1) is 92.2. The molecule has 0 bridgehead atoms. The fourth-order valence-electron chi connectivity index (χ4n) is 13.0. The van der Waals surface area contributed by atoms with Gasteiger partial charge in [-0.1, -0.05) is 101 Å². The van der Waals surface area contributed by atoms with E-state index in [9.17, 15) is 43.2 Å². The second-order valence-electron chi connectivity index (χ2n) is 32.4. The molecule has 5 saturated heterocycles. The SMILES string of the molecule is CCC(C)(C)C(=O)OCC(=O)OC1(C(C)C)CCOCC1.CCC(C)(C)C(=O)OCC(=O)OC1(C)CCOCC1.CCC(C)(C)C(=O)OCC(=O)OC1(C2CCCCC2)CCOCC1.CCC(C)C(=O)OC1(C2CCCCC2)CCOCC1.CCC1(OC(=O)COC(=O)C(C)(C)CC)CCOCC1. The van der Waals surface area contributed by atoms with E-state index in [1.165, 1.54) is 51.4 Å². The fraction of sp³-hybridized carbons (Fsp3) is 0.887. The summed E-state index contributed by atoms with van der Waals surface area (Å²) in [6.45, 7) is 39.1. The summed E-state index contributed by atoms with van der Waals surface area (Å²) >= 11 is 0. The lowest BCUT2D eigenvalue weighted by atomic mass is 9.73. The molecule has 7 rings (SSSR count). The van der Waals surface area contributed by atoms with Crippen LogP contribution >= 0.6 is 0 Å². The minimum Gasteiger partial charge on any atom is -0.458 e. The molecule has 7 aliphatic rings. The quantitative estimate of drug-likeness (QED) is 0.0545. The molecule has 0 spiro atoms. The van der Waals surface area contributed by atoms with Crippen LogP contribution in [0.15, 0.2) is 0 Å². The lowest BCUT2D eigenvalue weighted by Crippen LogP contribution is -2.48. The molecule has 7 fully saturated rings. The standard InChI is InChI=1S/C19H32O5.C16H28O5.C16H28O3.C15H26O5.C14H24O5/c1-4-18(2,3)17(21)23-14-16(20)24-19(10-12-22-13-11-19)15-8-6-5-7-9-15;1-6-15(4,5)14(18)20-11-13(17)21-16(12(2)3)7-9-19-10-8-16;1-3-13(2)15(17)19-16(9-11-18-12-10-16)14-7-5-4-6-8-14;1-5-14(3,4)13(17)19-11-12(16)20-15(6-2)7-9-18-10-8-15;1-5-13(2,3)12(16)18-10-11(15)19-14(4)6-8-17-9-7-14/h15H,4-14H2,1-3H3;12H,6-11H2,1-5H3;13-14H,3-12H2,1-2H3;5-11H2,1-4H3;5-10H2,1-4H3. The molecule has 23 heteroatoms. The van der Waals surface area contributed by atoms with Crippen molar-refractivity contribution < 1.29 is 109 Å². The van der Waals surface area contributed by atoms with Crippen molar-refractivity contribution in [3.8, 4) is 0 Å². The maximum atomic E-state index is 12.3. The number of rotatable bonds is 27. The molecule has 5 heterocycles. The molecule has 1 unspecified atom stereocenters. The lowest BCUT2D eigenvalue weighted by Gasteiger charge is -2.44. The summed E-state index contributed by atoms with van der Waals surface area (Å²) in [5.74, 6) is -2.16. The monoisotopic (exact) mass is 1470 g/mol. The van der Waals surface area contributed by atoms with E-state index < -0.39 is 67.9 Å². The van der Waals surface area contributed by atoms with Crippen molar-refractivity contribution in [2.75, 3.05) is 92.5 Å². The van der Waals surface area contributed by atoms with Gasteiger partial charge in [0.1, 0.15) is 28.0 Å². The van der Waals surface area contributed by atoms with Gasteiger partial charge in [-0.2, -0.15) is 0 Å². The Morgan fingerprint density at radius 1 is 0.369 bits per heavy atom. The van der Waals surface area contributed by atoms with Crippen molar-refractivity contribution in [2.24, 2.45) is 45.3 Å². The zero-order valence-corrected chi connectivity index (χ0v) is 67.0. The van der Waals surface area contributed by atoms with E-state index >= 15 is 0 Å².